The van der Waals surface area contributed by atoms with Crippen LogP contribution in [0.1, 0.15) is 5.56 Å². The molecule has 0 atom stereocenters. The summed E-state index contributed by atoms with van der Waals surface area (Å²) in [5.74, 6) is 0.952. The minimum absolute atomic E-state index is 0.132. The molecule has 0 saturated heterocycles. The molecule has 0 heterocycles. The minimum atomic E-state index is -0.355. The van der Waals surface area contributed by atoms with E-state index in [4.69, 9.17) is 21.1 Å². The van der Waals surface area contributed by atoms with Crippen molar-refractivity contribution in [2.45, 2.75) is 0 Å². The van der Waals surface area contributed by atoms with Crippen molar-refractivity contribution >= 4 is 23.7 Å². The summed E-state index contributed by atoms with van der Waals surface area (Å²) < 4.78 is 10.7. The highest BCUT2D eigenvalue weighted by Crippen LogP contribution is 2.15. The number of halogens is 1. The van der Waals surface area contributed by atoms with Crippen molar-refractivity contribution in [1.29, 1.82) is 0 Å². The van der Waals surface area contributed by atoms with Crippen molar-refractivity contribution in [2.24, 2.45) is 5.10 Å². The molecule has 0 fully saturated rings. The Labute approximate surface area is 145 Å². The van der Waals surface area contributed by atoms with E-state index in [0.717, 1.165) is 11.3 Å². The molecule has 2 aromatic rings. The largest absolute Gasteiger partial charge is 0.490 e. The topological polar surface area (TPSA) is 59.9 Å². The molecule has 2 rings (SSSR count). The van der Waals surface area contributed by atoms with Gasteiger partial charge in [0.15, 0.2) is 6.61 Å². The van der Waals surface area contributed by atoms with Gasteiger partial charge in [-0.3, -0.25) is 4.79 Å². The average molecular weight is 345 g/mol. The van der Waals surface area contributed by atoms with Crippen LogP contribution in [0, 0.1) is 0 Å². The van der Waals surface area contributed by atoms with Crippen molar-refractivity contribution in [2.75, 3.05) is 13.2 Å². The van der Waals surface area contributed by atoms with E-state index in [1.54, 1.807) is 30.3 Å². The van der Waals surface area contributed by atoms with Gasteiger partial charge in [0, 0.05) is 5.02 Å². The third-order valence-electron chi connectivity index (χ3n) is 2.83. The fourth-order valence-corrected chi connectivity index (χ4v) is 1.82. The van der Waals surface area contributed by atoms with Gasteiger partial charge < -0.3 is 9.47 Å². The lowest BCUT2D eigenvalue weighted by Crippen LogP contribution is -2.24. The zero-order chi connectivity index (χ0) is 17.2. The highest BCUT2D eigenvalue weighted by atomic mass is 35.5. The Morgan fingerprint density at radius 1 is 1.08 bits per heavy atom. The van der Waals surface area contributed by atoms with Gasteiger partial charge in [-0.2, -0.15) is 5.10 Å². The van der Waals surface area contributed by atoms with Gasteiger partial charge in [0.1, 0.15) is 18.1 Å². The van der Waals surface area contributed by atoms with Crippen LogP contribution >= 0.6 is 11.6 Å². The maximum atomic E-state index is 11.6. The molecule has 0 radical (unpaired) electrons. The highest BCUT2D eigenvalue weighted by Gasteiger charge is 2.01. The quantitative estimate of drug-likeness (QED) is 0.453. The van der Waals surface area contributed by atoms with E-state index in [-0.39, 0.29) is 12.5 Å². The lowest BCUT2D eigenvalue weighted by atomic mass is 10.2. The van der Waals surface area contributed by atoms with Crippen molar-refractivity contribution in [1.82, 2.24) is 5.43 Å². The molecule has 0 bridgehead atoms. The fraction of sp³-hybridized carbons (Fsp3) is 0.111. The van der Waals surface area contributed by atoms with Crippen molar-refractivity contribution in [3.05, 3.63) is 71.8 Å². The van der Waals surface area contributed by atoms with Gasteiger partial charge in [-0.05, 0) is 54.1 Å². The maximum absolute atomic E-state index is 11.6. The van der Waals surface area contributed by atoms with Crippen LogP contribution in [-0.4, -0.2) is 25.3 Å². The van der Waals surface area contributed by atoms with Gasteiger partial charge in [-0.25, -0.2) is 5.43 Å². The molecule has 0 aliphatic carbocycles. The zero-order valence-corrected chi connectivity index (χ0v) is 13.7. The van der Waals surface area contributed by atoms with Gasteiger partial charge in [0.05, 0.1) is 6.21 Å². The number of benzene rings is 2. The van der Waals surface area contributed by atoms with Gasteiger partial charge in [-0.1, -0.05) is 24.3 Å². The predicted molar refractivity (Wildman–Crippen MR) is 94.8 cm³/mol. The van der Waals surface area contributed by atoms with Crippen molar-refractivity contribution < 1.29 is 14.3 Å². The van der Waals surface area contributed by atoms with Crippen LogP contribution in [0.4, 0.5) is 0 Å². The van der Waals surface area contributed by atoms with Crippen molar-refractivity contribution in [3.8, 4) is 11.5 Å². The first kappa shape index (κ1) is 17.6. The number of nitrogens with zero attached hydrogens (tertiary/aromatic N) is 1. The predicted octanol–water partition coefficient (Wildman–Crippen LogP) is 3.43. The molecule has 2 aromatic carbocycles. The number of carbonyl (C=O) groups is 1. The molecule has 1 amide bonds. The summed E-state index contributed by atoms with van der Waals surface area (Å²) in [7, 11) is 0. The number of nitrogens with one attached hydrogen (secondary N) is 1. The van der Waals surface area contributed by atoms with Crippen LogP contribution in [0.15, 0.2) is 66.3 Å². The van der Waals surface area contributed by atoms with Crippen LogP contribution in [0.3, 0.4) is 0 Å². The normalized spacial score (nSPS) is 10.4. The Balaban J connectivity index is 1.75. The Morgan fingerprint density at radius 2 is 1.71 bits per heavy atom. The number of hydrazone groups is 1. The number of hydrogen-bond donors (Lipinski definition) is 1. The molecule has 0 aliphatic heterocycles. The molecule has 0 saturated carbocycles. The Hall–Kier alpha value is -2.79. The minimum Gasteiger partial charge on any atom is -0.490 e. The molecule has 0 spiro atoms. The van der Waals surface area contributed by atoms with Crippen LogP contribution in [0.25, 0.3) is 0 Å². The molecular formula is C18H17ClN2O3. The first-order valence-corrected chi connectivity index (χ1v) is 7.59. The van der Waals surface area contributed by atoms with Gasteiger partial charge in [-0.15, -0.1) is 0 Å². The average Bonchev–Trinajstić information content (AvgIpc) is 2.60. The third-order valence-corrected chi connectivity index (χ3v) is 3.09. The summed E-state index contributed by atoms with van der Waals surface area (Å²) in [5.41, 5.74) is 3.23. The van der Waals surface area contributed by atoms with E-state index in [1.807, 2.05) is 24.3 Å². The molecule has 0 aliphatic rings. The lowest BCUT2D eigenvalue weighted by Gasteiger charge is -2.05. The summed E-state index contributed by atoms with van der Waals surface area (Å²) in [6, 6.07) is 14.1. The Kier molecular flexibility index (Phi) is 6.86. The monoisotopic (exact) mass is 344 g/mol. The molecular weight excluding hydrogens is 328 g/mol. The van der Waals surface area contributed by atoms with Gasteiger partial charge in [0.2, 0.25) is 0 Å². The number of ether oxygens (including phenoxy) is 2. The van der Waals surface area contributed by atoms with Gasteiger partial charge in [0.25, 0.3) is 5.91 Å². The van der Waals surface area contributed by atoms with E-state index in [2.05, 4.69) is 17.1 Å². The first-order chi connectivity index (χ1) is 11.7. The molecule has 0 unspecified atom stereocenters. The zero-order valence-electron chi connectivity index (χ0n) is 12.9. The second-order valence-electron chi connectivity index (χ2n) is 4.70. The SMILES string of the molecule is C=CCOc1ccc(/C=N\NC(=O)COc2ccc(Cl)cc2)cc1. The molecule has 5 nitrogen and oxygen atoms in total. The second-order valence-corrected chi connectivity index (χ2v) is 5.14. The summed E-state index contributed by atoms with van der Waals surface area (Å²) in [4.78, 5) is 11.6. The van der Waals surface area contributed by atoms with Crippen LogP contribution in [0.5, 0.6) is 11.5 Å². The second kappa shape index (κ2) is 9.37. The first-order valence-electron chi connectivity index (χ1n) is 7.21. The lowest BCUT2D eigenvalue weighted by molar-refractivity contribution is -0.123. The van der Waals surface area contributed by atoms with E-state index in [1.165, 1.54) is 6.21 Å². The van der Waals surface area contributed by atoms with Crippen molar-refractivity contribution in [3.63, 3.8) is 0 Å². The summed E-state index contributed by atoms with van der Waals surface area (Å²) >= 11 is 5.77. The molecule has 124 valence electrons. The van der Waals surface area contributed by atoms with E-state index >= 15 is 0 Å². The highest BCUT2D eigenvalue weighted by molar-refractivity contribution is 6.30. The Morgan fingerprint density at radius 3 is 2.38 bits per heavy atom. The molecule has 0 aromatic heterocycles. The molecule has 6 heteroatoms. The summed E-state index contributed by atoms with van der Waals surface area (Å²) in [5, 5.41) is 4.49. The standard InChI is InChI=1S/C18H17ClN2O3/c1-2-11-23-16-7-3-14(4-8-16)12-20-21-18(22)13-24-17-9-5-15(19)6-10-17/h2-10,12H,1,11,13H2,(H,21,22)/b20-12-. The molecule has 24 heavy (non-hydrogen) atoms. The smallest absolute Gasteiger partial charge is 0.277 e. The summed E-state index contributed by atoms with van der Waals surface area (Å²) in [6.07, 6.45) is 3.22. The van der Waals surface area contributed by atoms with E-state index in [0.29, 0.717) is 17.4 Å². The Bertz CT molecular complexity index is 697. The van der Waals surface area contributed by atoms with E-state index in [9.17, 15) is 4.79 Å². The number of carbonyl (C=O) groups excluding carboxylic acids is 1. The maximum Gasteiger partial charge on any atom is 0.277 e. The van der Waals surface area contributed by atoms with E-state index < -0.39 is 0 Å². The van der Waals surface area contributed by atoms with Crippen LogP contribution in [0.2, 0.25) is 5.02 Å². The van der Waals surface area contributed by atoms with Crippen LogP contribution in [-0.2, 0) is 4.79 Å². The molecule has 1 N–H and O–H groups in total. The number of hydrogen-bond acceptors (Lipinski definition) is 4. The summed E-state index contributed by atoms with van der Waals surface area (Å²) in [6.45, 7) is 3.91. The van der Waals surface area contributed by atoms with Crippen LogP contribution < -0.4 is 14.9 Å². The van der Waals surface area contributed by atoms with Gasteiger partial charge >= 0.3 is 0 Å². The number of rotatable bonds is 8. The fourth-order valence-electron chi connectivity index (χ4n) is 1.70. The number of amides is 1. The third kappa shape index (κ3) is 6.14.